The summed E-state index contributed by atoms with van der Waals surface area (Å²) in [5.74, 6) is 2.15. The Labute approximate surface area is 124 Å². The first kappa shape index (κ1) is 13.5. The molecule has 0 spiro atoms. The topological polar surface area (TPSA) is 32.3 Å². The molecule has 0 aromatic heterocycles. The molecule has 0 saturated heterocycles. The number of aliphatic hydroxyl groups excluding tert-OH is 1. The van der Waals surface area contributed by atoms with Gasteiger partial charge in [-0.05, 0) is 24.1 Å². The van der Waals surface area contributed by atoms with Crippen LogP contribution in [0.15, 0.2) is 48.5 Å². The monoisotopic (exact) mass is 285 g/mol. The molecule has 0 amide bonds. The van der Waals surface area contributed by atoms with Gasteiger partial charge in [0.25, 0.3) is 0 Å². The van der Waals surface area contributed by atoms with Crippen LogP contribution in [-0.2, 0) is 5.75 Å². The number of hydrogen-bond donors (Lipinski definition) is 2. The maximum absolute atomic E-state index is 9.88. The van der Waals surface area contributed by atoms with Crippen LogP contribution >= 0.6 is 11.8 Å². The molecule has 1 aliphatic heterocycles. The highest BCUT2D eigenvalue weighted by Gasteiger charge is 2.21. The molecule has 2 unspecified atom stereocenters. The third-order valence-corrected chi connectivity index (χ3v) is 4.80. The molecule has 0 fully saturated rings. The van der Waals surface area contributed by atoms with Crippen LogP contribution in [0.1, 0.15) is 35.8 Å². The number of para-hydroxylation sites is 1. The first-order valence-corrected chi connectivity index (χ1v) is 8.10. The van der Waals surface area contributed by atoms with E-state index in [0.29, 0.717) is 6.04 Å². The summed E-state index contributed by atoms with van der Waals surface area (Å²) in [6.07, 6.45) is -0.454. The Hall–Kier alpha value is -1.45. The van der Waals surface area contributed by atoms with Crippen LogP contribution in [0, 0.1) is 0 Å². The molecule has 2 aromatic rings. The second-order valence-electron chi connectivity index (χ2n) is 5.17. The van der Waals surface area contributed by atoms with Gasteiger partial charge in [0, 0.05) is 22.8 Å². The second-order valence-corrected chi connectivity index (χ2v) is 6.20. The van der Waals surface area contributed by atoms with Crippen LogP contribution in [0.2, 0.25) is 0 Å². The van der Waals surface area contributed by atoms with Crippen molar-refractivity contribution in [3.05, 3.63) is 65.2 Å². The summed E-state index contributed by atoms with van der Waals surface area (Å²) in [6.45, 7) is 1.81. The first-order valence-electron chi connectivity index (χ1n) is 6.95. The molecule has 2 nitrogen and oxygen atoms in total. The van der Waals surface area contributed by atoms with Gasteiger partial charge in [-0.2, -0.15) is 11.8 Å². The molecule has 0 bridgehead atoms. The highest BCUT2D eigenvalue weighted by molar-refractivity contribution is 7.98. The Bertz CT molecular complexity index is 597. The Balaban J connectivity index is 1.90. The number of anilines is 1. The molecule has 0 radical (unpaired) electrons. The zero-order valence-electron chi connectivity index (χ0n) is 11.5. The van der Waals surface area contributed by atoms with Crippen molar-refractivity contribution in [2.24, 2.45) is 0 Å². The van der Waals surface area contributed by atoms with Crippen LogP contribution in [0.3, 0.4) is 0 Å². The van der Waals surface area contributed by atoms with Crippen LogP contribution in [-0.4, -0.2) is 10.9 Å². The van der Waals surface area contributed by atoms with E-state index in [-0.39, 0.29) is 0 Å². The number of thioether (sulfide) groups is 1. The number of fused-ring (bicyclic) bond motifs is 1. The van der Waals surface area contributed by atoms with Gasteiger partial charge in [0.15, 0.2) is 0 Å². The highest BCUT2D eigenvalue weighted by Crippen LogP contribution is 2.35. The number of aliphatic hydroxyl groups is 1. The van der Waals surface area contributed by atoms with Crippen molar-refractivity contribution in [3.8, 4) is 0 Å². The second kappa shape index (κ2) is 5.90. The van der Waals surface area contributed by atoms with Crippen molar-refractivity contribution in [3.63, 3.8) is 0 Å². The Morgan fingerprint density at radius 2 is 1.90 bits per heavy atom. The van der Waals surface area contributed by atoms with Gasteiger partial charge >= 0.3 is 0 Å². The number of nitrogens with one attached hydrogen (secondary N) is 1. The standard InChI is InChI=1S/C17H19NOS/c1-12(19)14-7-4-5-9-16(14)18-17-11-20-10-13-6-2-3-8-15(13)17/h2-9,12,17-19H,10-11H2,1H3. The summed E-state index contributed by atoms with van der Waals surface area (Å²) in [7, 11) is 0. The minimum absolute atomic E-state index is 0.310. The normalized spacial score (nSPS) is 19.2. The fourth-order valence-electron chi connectivity index (χ4n) is 2.68. The van der Waals surface area contributed by atoms with Gasteiger partial charge in [-0.25, -0.2) is 0 Å². The summed E-state index contributed by atoms with van der Waals surface area (Å²) < 4.78 is 0. The van der Waals surface area contributed by atoms with Crippen molar-refractivity contribution >= 4 is 17.4 Å². The number of benzene rings is 2. The van der Waals surface area contributed by atoms with E-state index in [4.69, 9.17) is 0 Å². The molecule has 0 saturated carbocycles. The largest absolute Gasteiger partial charge is 0.389 e. The van der Waals surface area contributed by atoms with E-state index in [1.807, 2.05) is 43.0 Å². The molecule has 2 atom stereocenters. The zero-order chi connectivity index (χ0) is 13.9. The smallest absolute Gasteiger partial charge is 0.0781 e. The van der Waals surface area contributed by atoms with Crippen molar-refractivity contribution in [2.45, 2.75) is 24.8 Å². The quantitative estimate of drug-likeness (QED) is 0.889. The average molecular weight is 285 g/mol. The Morgan fingerprint density at radius 1 is 1.15 bits per heavy atom. The van der Waals surface area contributed by atoms with Crippen LogP contribution in [0.25, 0.3) is 0 Å². The predicted octanol–water partition coefficient (Wildman–Crippen LogP) is 4.14. The molecule has 3 rings (SSSR count). The predicted molar refractivity (Wildman–Crippen MR) is 86.0 cm³/mol. The molecule has 3 heteroatoms. The van der Waals surface area contributed by atoms with Crippen molar-refractivity contribution < 1.29 is 5.11 Å². The molecular formula is C17H19NOS. The molecule has 2 aromatic carbocycles. The molecule has 20 heavy (non-hydrogen) atoms. The molecule has 1 aliphatic rings. The number of rotatable bonds is 3. The summed E-state index contributed by atoms with van der Waals surface area (Å²) >= 11 is 1.95. The molecule has 2 N–H and O–H groups in total. The third kappa shape index (κ3) is 2.69. The van der Waals surface area contributed by atoms with Gasteiger partial charge < -0.3 is 10.4 Å². The first-order chi connectivity index (χ1) is 9.75. The van der Waals surface area contributed by atoms with E-state index in [1.54, 1.807) is 0 Å². The van der Waals surface area contributed by atoms with Crippen LogP contribution in [0.4, 0.5) is 5.69 Å². The lowest BCUT2D eigenvalue weighted by Crippen LogP contribution is -2.19. The average Bonchev–Trinajstić information content (AvgIpc) is 2.48. The lowest BCUT2D eigenvalue weighted by Gasteiger charge is -2.28. The molecule has 104 valence electrons. The molecular weight excluding hydrogens is 266 g/mol. The fourth-order valence-corrected chi connectivity index (χ4v) is 3.78. The Kier molecular flexibility index (Phi) is 3.99. The van der Waals surface area contributed by atoms with Crippen molar-refractivity contribution in [2.75, 3.05) is 11.1 Å². The summed E-state index contributed by atoms with van der Waals surface area (Å²) in [6, 6.07) is 16.9. The van der Waals surface area contributed by atoms with Gasteiger partial charge in [-0.1, -0.05) is 42.5 Å². The fraction of sp³-hybridized carbons (Fsp3) is 0.294. The van der Waals surface area contributed by atoms with Gasteiger partial charge in [-0.15, -0.1) is 0 Å². The van der Waals surface area contributed by atoms with Gasteiger partial charge in [0.1, 0.15) is 0 Å². The molecule has 0 aliphatic carbocycles. The molecule has 1 heterocycles. The SMILES string of the molecule is CC(O)c1ccccc1NC1CSCc2ccccc21. The lowest BCUT2D eigenvalue weighted by molar-refractivity contribution is 0.200. The van der Waals surface area contributed by atoms with Crippen LogP contribution < -0.4 is 5.32 Å². The van der Waals surface area contributed by atoms with Crippen LogP contribution in [0.5, 0.6) is 0 Å². The van der Waals surface area contributed by atoms with E-state index in [9.17, 15) is 5.11 Å². The van der Waals surface area contributed by atoms with E-state index >= 15 is 0 Å². The summed E-state index contributed by atoms with van der Waals surface area (Å²) in [5, 5.41) is 13.5. The van der Waals surface area contributed by atoms with Crippen molar-refractivity contribution in [1.29, 1.82) is 0 Å². The van der Waals surface area contributed by atoms with E-state index in [0.717, 1.165) is 22.8 Å². The van der Waals surface area contributed by atoms with E-state index in [2.05, 4.69) is 29.6 Å². The maximum Gasteiger partial charge on any atom is 0.0781 e. The Morgan fingerprint density at radius 3 is 2.75 bits per heavy atom. The number of hydrogen-bond acceptors (Lipinski definition) is 3. The summed E-state index contributed by atoms with van der Waals surface area (Å²) in [4.78, 5) is 0. The minimum Gasteiger partial charge on any atom is -0.389 e. The van der Waals surface area contributed by atoms with E-state index < -0.39 is 6.10 Å². The summed E-state index contributed by atoms with van der Waals surface area (Å²) in [5.41, 5.74) is 4.78. The van der Waals surface area contributed by atoms with E-state index in [1.165, 1.54) is 11.1 Å². The minimum atomic E-state index is -0.454. The maximum atomic E-state index is 9.88. The van der Waals surface area contributed by atoms with Crippen molar-refractivity contribution in [1.82, 2.24) is 0 Å². The lowest BCUT2D eigenvalue weighted by atomic mass is 10.0. The van der Waals surface area contributed by atoms with Gasteiger partial charge in [-0.3, -0.25) is 0 Å². The zero-order valence-corrected chi connectivity index (χ0v) is 12.4. The third-order valence-electron chi connectivity index (χ3n) is 3.71. The van der Waals surface area contributed by atoms with Gasteiger partial charge in [0.05, 0.1) is 12.1 Å². The van der Waals surface area contributed by atoms with Gasteiger partial charge in [0.2, 0.25) is 0 Å². The highest BCUT2D eigenvalue weighted by atomic mass is 32.2.